The molecule has 0 spiro atoms. The molecule has 0 radical (unpaired) electrons. The molecule has 1 rings (SSSR count). The maximum absolute atomic E-state index is 12.8. The molecule has 2 atom stereocenters. The lowest BCUT2D eigenvalue weighted by molar-refractivity contribution is 0.444. The molecule has 0 amide bonds. The molecule has 0 aliphatic carbocycles. The van der Waals surface area contributed by atoms with Gasteiger partial charge in [-0.15, -0.1) is 0 Å². The Balaban J connectivity index is 2.58. The van der Waals surface area contributed by atoms with Crippen molar-refractivity contribution in [3.05, 3.63) is 30.1 Å². The van der Waals surface area contributed by atoms with Crippen LogP contribution in [0.3, 0.4) is 0 Å². The van der Waals surface area contributed by atoms with Crippen LogP contribution >= 0.6 is 0 Å². The zero-order valence-electron chi connectivity index (χ0n) is 10.3. The van der Waals surface area contributed by atoms with E-state index in [-0.39, 0.29) is 11.9 Å². The number of hydrogen-bond acceptors (Lipinski definition) is 2. The Labute approximate surface area is 97.3 Å². The van der Waals surface area contributed by atoms with E-state index in [1.807, 2.05) is 7.05 Å². The largest absolute Gasteiger partial charge is 0.373 e. The van der Waals surface area contributed by atoms with E-state index in [0.717, 1.165) is 18.7 Å². The highest BCUT2D eigenvalue weighted by molar-refractivity contribution is 5.45. The van der Waals surface area contributed by atoms with E-state index in [2.05, 4.69) is 18.7 Å². The van der Waals surface area contributed by atoms with E-state index in [9.17, 15) is 4.39 Å². The number of hydrogen-bond donors (Lipinski definition) is 1. The Morgan fingerprint density at radius 2 is 1.88 bits per heavy atom. The third-order valence-corrected chi connectivity index (χ3v) is 3.13. The second-order valence-electron chi connectivity index (χ2n) is 4.41. The van der Waals surface area contributed by atoms with E-state index >= 15 is 0 Å². The van der Waals surface area contributed by atoms with Crippen LogP contribution in [0, 0.1) is 11.7 Å². The van der Waals surface area contributed by atoms with E-state index in [1.165, 1.54) is 12.1 Å². The van der Waals surface area contributed by atoms with Crippen molar-refractivity contribution in [1.82, 2.24) is 0 Å². The molecular weight excluding hydrogens is 203 g/mol. The summed E-state index contributed by atoms with van der Waals surface area (Å²) >= 11 is 0. The smallest absolute Gasteiger partial charge is 0.123 e. The van der Waals surface area contributed by atoms with Crippen LogP contribution in [0.15, 0.2) is 24.3 Å². The molecule has 2 N–H and O–H groups in total. The average Bonchev–Trinajstić information content (AvgIpc) is 2.28. The molecule has 0 aromatic heterocycles. The van der Waals surface area contributed by atoms with Crippen LogP contribution in [0.25, 0.3) is 0 Å². The number of anilines is 1. The molecule has 3 heteroatoms. The second kappa shape index (κ2) is 5.85. The van der Waals surface area contributed by atoms with Gasteiger partial charge in [0.05, 0.1) is 0 Å². The number of likely N-dealkylation sites (N-methyl/N-ethyl adjacent to an activating group) is 1. The lowest BCUT2D eigenvalue weighted by Crippen LogP contribution is -2.39. The molecule has 1 aromatic rings. The van der Waals surface area contributed by atoms with Crippen molar-refractivity contribution in [2.45, 2.75) is 26.3 Å². The first-order chi connectivity index (χ1) is 7.54. The molecular formula is C13H21FN2. The van der Waals surface area contributed by atoms with Gasteiger partial charge < -0.3 is 10.6 Å². The van der Waals surface area contributed by atoms with Crippen LogP contribution in [0.2, 0.25) is 0 Å². The van der Waals surface area contributed by atoms with Gasteiger partial charge >= 0.3 is 0 Å². The number of nitrogens with zero attached hydrogens (tertiary/aromatic N) is 1. The maximum atomic E-state index is 12.8. The number of halogens is 1. The minimum atomic E-state index is -0.205. The number of benzene rings is 1. The van der Waals surface area contributed by atoms with Crippen molar-refractivity contribution in [1.29, 1.82) is 0 Å². The van der Waals surface area contributed by atoms with Gasteiger partial charge in [0.25, 0.3) is 0 Å². The molecule has 0 aliphatic rings. The Morgan fingerprint density at radius 3 is 2.38 bits per heavy atom. The molecule has 0 saturated heterocycles. The topological polar surface area (TPSA) is 29.3 Å². The fourth-order valence-electron chi connectivity index (χ4n) is 1.60. The fourth-order valence-corrected chi connectivity index (χ4v) is 1.60. The number of rotatable bonds is 5. The maximum Gasteiger partial charge on any atom is 0.123 e. The first-order valence-corrected chi connectivity index (χ1v) is 5.77. The van der Waals surface area contributed by atoms with E-state index in [0.29, 0.717) is 5.92 Å². The molecule has 0 saturated carbocycles. The first kappa shape index (κ1) is 13.0. The van der Waals surface area contributed by atoms with Crippen LogP contribution in [0.5, 0.6) is 0 Å². The average molecular weight is 224 g/mol. The molecule has 2 nitrogen and oxygen atoms in total. The molecule has 1 aromatic carbocycles. The predicted molar refractivity (Wildman–Crippen MR) is 67.1 cm³/mol. The summed E-state index contributed by atoms with van der Waals surface area (Å²) in [4.78, 5) is 2.07. The zero-order valence-corrected chi connectivity index (χ0v) is 10.3. The van der Waals surface area contributed by atoms with Crippen LogP contribution in [0.4, 0.5) is 10.1 Å². The van der Waals surface area contributed by atoms with Gasteiger partial charge in [-0.3, -0.25) is 0 Å². The third-order valence-electron chi connectivity index (χ3n) is 3.13. The van der Waals surface area contributed by atoms with Gasteiger partial charge in [-0.1, -0.05) is 20.3 Å². The molecule has 2 unspecified atom stereocenters. The van der Waals surface area contributed by atoms with Crippen LogP contribution in [0.1, 0.15) is 20.3 Å². The summed E-state index contributed by atoms with van der Waals surface area (Å²) in [6, 6.07) is 6.65. The highest BCUT2D eigenvalue weighted by Gasteiger charge is 2.13. The summed E-state index contributed by atoms with van der Waals surface area (Å²) < 4.78 is 12.8. The van der Waals surface area contributed by atoms with Crippen molar-refractivity contribution in [3.8, 4) is 0 Å². The van der Waals surface area contributed by atoms with E-state index in [4.69, 9.17) is 5.73 Å². The second-order valence-corrected chi connectivity index (χ2v) is 4.41. The molecule has 0 heterocycles. The van der Waals surface area contributed by atoms with Crippen LogP contribution in [-0.4, -0.2) is 19.6 Å². The van der Waals surface area contributed by atoms with Crippen molar-refractivity contribution in [2.24, 2.45) is 11.7 Å². The van der Waals surface area contributed by atoms with Crippen molar-refractivity contribution < 1.29 is 4.39 Å². The van der Waals surface area contributed by atoms with Gasteiger partial charge in [0.1, 0.15) is 5.82 Å². The van der Waals surface area contributed by atoms with Crippen molar-refractivity contribution in [2.75, 3.05) is 18.5 Å². The normalized spacial score (nSPS) is 14.6. The highest BCUT2D eigenvalue weighted by atomic mass is 19.1. The van der Waals surface area contributed by atoms with E-state index in [1.54, 1.807) is 12.1 Å². The van der Waals surface area contributed by atoms with Gasteiger partial charge in [0.15, 0.2) is 0 Å². The van der Waals surface area contributed by atoms with Crippen molar-refractivity contribution >= 4 is 5.69 Å². The molecule has 16 heavy (non-hydrogen) atoms. The third kappa shape index (κ3) is 3.49. The minimum Gasteiger partial charge on any atom is -0.373 e. The van der Waals surface area contributed by atoms with Gasteiger partial charge in [0.2, 0.25) is 0 Å². The summed E-state index contributed by atoms with van der Waals surface area (Å²) in [5.41, 5.74) is 7.08. The van der Waals surface area contributed by atoms with Gasteiger partial charge in [-0.05, 0) is 30.2 Å². The summed E-state index contributed by atoms with van der Waals surface area (Å²) in [5, 5.41) is 0. The fraction of sp³-hybridized carbons (Fsp3) is 0.538. The minimum absolute atomic E-state index is 0.153. The summed E-state index contributed by atoms with van der Waals surface area (Å²) in [6.07, 6.45) is 1.08. The standard InChI is InChI=1S/C13H21FN2/c1-4-10(2)13(15)9-16(3)12-7-5-11(14)6-8-12/h5-8,10,13H,4,9,15H2,1-3H3. The lowest BCUT2D eigenvalue weighted by Gasteiger charge is -2.26. The van der Waals surface area contributed by atoms with E-state index < -0.39 is 0 Å². The predicted octanol–water partition coefficient (Wildman–Crippen LogP) is 2.64. The quantitative estimate of drug-likeness (QED) is 0.833. The summed E-state index contributed by atoms with van der Waals surface area (Å²) in [6.45, 7) is 5.09. The Morgan fingerprint density at radius 1 is 1.31 bits per heavy atom. The van der Waals surface area contributed by atoms with Gasteiger partial charge in [0, 0.05) is 25.3 Å². The lowest BCUT2D eigenvalue weighted by atomic mass is 9.99. The highest BCUT2D eigenvalue weighted by Crippen LogP contribution is 2.15. The Hall–Kier alpha value is -1.09. The number of nitrogens with two attached hydrogens (primary N) is 1. The van der Waals surface area contributed by atoms with Crippen LogP contribution in [-0.2, 0) is 0 Å². The monoisotopic (exact) mass is 224 g/mol. The Kier molecular flexibility index (Phi) is 4.74. The summed E-state index contributed by atoms with van der Waals surface area (Å²) in [5.74, 6) is 0.297. The first-order valence-electron chi connectivity index (χ1n) is 5.77. The molecule has 0 aliphatic heterocycles. The molecule has 90 valence electrons. The molecule has 0 bridgehead atoms. The van der Waals surface area contributed by atoms with Crippen LogP contribution < -0.4 is 10.6 Å². The SMILES string of the molecule is CCC(C)C(N)CN(C)c1ccc(F)cc1. The zero-order chi connectivity index (χ0) is 12.1. The van der Waals surface area contributed by atoms with Gasteiger partial charge in [-0.2, -0.15) is 0 Å². The summed E-state index contributed by atoms with van der Waals surface area (Å²) in [7, 11) is 1.98. The molecule has 0 fully saturated rings. The van der Waals surface area contributed by atoms with Crippen molar-refractivity contribution in [3.63, 3.8) is 0 Å². The van der Waals surface area contributed by atoms with Gasteiger partial charge in [-0.25, -0.2) is 4.39 Å². The Bertz CT molecular complexity index is 310.